The van der Waals surface area contributed by atoms with Gasteiger partial charge in [-0.25, -0.2) is 19.7 Å². The maximum atomic E-state index is 12.3. The number of methoxy groups -OCH3 is 1. The normalized spacial score (nSPS) is 14.5. The number of nitrogens with one attached hydrogen (secondary N) is 2. The summed E-state index contributed by atoms with van der Waals surface area (Å²) in [6, 6.07) is 3.39. The Morgan fingerprint density at radius 1 is 1.20 bits per heavy atom. The largest absolute Gasteiger partial charge is 0.481 e. The number of pyridine rings is 1. The number of nitrogens with zero attached hydrogens (tertiary/aromatic N) is 4. The first-order valence-electron chi connectivity index (χ1n) is 8.13. The lowest BCUT2D eigenvalue weighted by Crippen LogP contribution is -2.33. The van der Waals surface area contributed by atoms with Crippen LogP contribution in [0.15, 0.2) is 30.7 Å². The third-order valence-electron chi connectivity index (χ3n) is 4.00. The van der Waals surface area contributed by atoms with Crippen LogP contribution < -0.4 is 20.3 Å². The standard InChI is InChI=1S/C17H22N6O2/c1-23(2)16-19-9-13(10-20-16)21-17(24)22-15(11-4-5-11)12-6-7-14(25-3)18-8-12/h6-11,15H,4-5H2,1-3H3,(H2,21,22,24). The van der Waals surface area contributed by atoms with Gasteiger partial charge in [-0.2, -0.15) is 0 Å². The van der Waals surface area contributed by atoms with Crippen LogP contribution in [0.25, 0.3) is 0 Å². The Morgan fingerprint density at radius 2 is 1.92 bits per heavy atom. The molecular formula is C17H22N6O2. The summed E-state index contributed by atoms with van der Waals surface area (Å²) in [6.45, 7) is 0. The Kier molecular flexibility index (Phi) is 4.97. The number of amides is 2. The summed E-state index contributed by atoms with van der Waals surface area (Å²) in [5.41, 5.74) is 1.52. The number of hydrogen-bond donors (Lipinski definition) is 2. The molecule has 0 radical (unpaired) electrons. The number of urea groups is 1. The van der Waals surface area contributed by atoms with Gasteiger partial charge in [0.1, 0.15) is 0 Å². The molecule has 1 aliphatic rings. The Balaban J connectivity index is 1.64. The molecule has 0 aliphatic heterocycles. The molecule has 2 aromatic heterocycles. The molecule has 2 heterocycles. The lowest BCUT2D eigenvalue weighted by Gasteiger charge is -2.19. The number of carbonyl (C=O) groups is 1. The van der Waals surface area contributed by atoms with Crippen LogP contribution in [0.2, 0.25) is 0 Å². The van der Waals surface area contributed by atoms with Crippen LogP contribution >= 0.6 is 0 Å². The molecule has 1 atom stereocenters. The van der Waals surface area contributed by atoms with Crippen molar-refractivity contribution in [2.24, 2.45) is 5.92 Å². The monoisotopic (exact) mass is 342 g/mol. The van der Waals surface area contributed by atoms with Gasteiger partial charge < -0.3 is 20.3 Å². The Morgan fingerprint density at radius 3 is 2.44 bits per heavy atom. The van der Waals surface area contributed by atoms with E-state index in [-0.39, 0.29) is 12.1 Å². The van der Waals surface area contributed by atoms with Crippen LogP contribution in [0.1, 0.15) is 24.4 Å². The highest BCUT2D eigenvalue weighted by Crippen LogP contribution is 2.41. The van der Waals surface area contributed by atoms with Crippen molar-refractivity contribution in [3.05, 3.63) is 36.3 Å². The molecule has 2 amide bonds. The molecule has 8 heteroatoms. The van der Waals surface area contributed by atoms with Gasteiger partial charge in [0, 0.05) is 26.4 Å². The Bertz CT molecular complexity index is 713. The number of hydrogen-bond acceptors (Lipinski definition) is 6. The predicted octanol–water partition coefficient (Wildman–Crippen LogP) is 2.22. The first-order chi connectivity index (χ1) is 12.1. The van der Waals surface area contributed by atoms with Crippen LogP contribution in [-0.2, 0) is 0 Å². The van der Waals surface area contributed by atoms with E-state index in [1.807, 2.05) is 20.2 Å². The molecular weight excluding hydrogens is 320 g/mol. The highest BCUT2D eigenvalue weighted by Gasteiger charge is 2.33. The first-order valence-corrected chi connectivity index (χ1v) is 8.13. The van der Waals surface area contributed by atoms with Crippen LogP contribution in [0, 0.1) is 5.92 Å². The van der Waals surface area contributed by atoms with Crippen LogP contribution in [-0.4, -0.2) is 42.2 Å². The molecule has 8 nitrogen and oxygen atoms in total. The van der Waals surface area contributed by atoms with Gasteiger partial charge in [-0.15, -0.1) is 0 Å². The second-order valence-corrected chi connectivity index (χ2v) is 6.21. The van der Waals surface area contributed by atoms with Gasteiger partial charge in [-0.1, -0.05) is 6.07 Å². The summed E-state index contributed by atoms with van der Waals surface area (Å²) >= 11 is 0. The topological polar surface area (TPSA) is 92.3 Å². The van der Waals surface area contributed by atoms with E-state index in [4.69, 9.17) is 4.74 Å². The SMILES string of the molecule is COc1ccc(C(NC(=O)Nc2cnc(N(C)C)nc2)C2CC2)cn1. The zero-order valence-electron chi connectivity index (χ0n) is 14.6. The molecule has 0 saturated heterocycles. The minimum Gasteiger partial charge on any atom is -0.481 e. The fraction of sp³-hybridized carbons (Fsp3) is 0.412. The maximum absolute atomic E-state index is 12.3. The summed E-state index contributed by atoms with van der Waals surface area (Å²) in [5.74, 6) is 1.58. The molecule has 3 rings (SSSR count). The van der Waals surface area contributed by atoms with Crippen LogP contribution in [0.5, 0.6) is 5.88 Å². The quantitative estimate of drug-likeness (QED) is 0.836. The summed E-state index contributed by atoms with van der Waals surface area (Å²) in [6.07, 6.45) is 7.11. The van der Waals surface area contributed by atoms with Gasteiger partial charge in [0.2, 0.25) is 11.8 Å². The minimum absolute atomic E-state index is 0.0691. The van der Waals surface area contributed by atoms with Crippen molar-refractivity contribution in [2.75, 3.05) is 31.4 Å². The van der Waals surface area contributed by atoms with E-state index in [1.165, 1.54) is 0 Å². The van der Waals surface area contributed by atoms with Crippen molar-refractivity contribution in [2.45, 2.75) is 18.9 Å². The number of carbonyl (C=O) groups excluding carboxylic acids is 1. The lowest BCUT2D eigenvalue weighted by atomic mass is 10.0. The first kappa shape index (κ1) is 16.9. The van der Waals surface area contributed by atoms with Gasteiger partial charge >= 0.3 is 6.03 Å². The summed E-state index contributed by atoms with van der Waals surface area (Å²) < 4.78 is 5.08. The fourth-order valence-corrected chi connectivity index (χ4v) is 2.52. The van der Waals surface area contributed by atoms with Gasteiger partial charge in [0.05, 0.1) is 31.2 Å². The molecule has 132 valence electrons. The zero-order valence-corrected chi connectivity index (χ0v) is 14.6. The van der Waals surface area contributed by atoms with Crippen molar-refractivity contribution in [3.63, 3.8) is 0 Å². The van der Waals surface area contributed by atoms with Gasteiger partial charge in [0.25, 0.3) is 0 Å². The van der Waals surface area contributed by atoms with E-state index in [2.05, 4.69) is 25.6 Å². The Hall–Kier alpha value is -2.90. The minimum atomic E-state index is -0.283. The van der Waals surface area contributed by atoms with E-state index in [0.29, 0.717) is 23.4 Å². The smallest absolute Gasteiger partial charge is 0.319 e. The number of rotatable bonds is 6. The van der Waals surface area contributed by atoms with E-state index in [1.54, 1.807) is 36.7 Å². The average Bonchev–Trinajstić information content (AvgIpc) is 3.45. The third-order valence-corrected chi connectivity index (χ3v) is 4.00. The summed E-state index contributed by atoms with van der Waals surface area (Å²) in [4.78, 5) is 26.7. The van der Waals surface area contributed by atoms with Crippen molar-refractivity contribution in [3.8, 4) is 5.88 Å². The average molecular weight is 342 g/mol. The van der Waals surface area contributed by atoms with Crippen molar-refractivity contribution >= 4 is 17.7 Å². The van der Waals surface area contributed by atoms with Crippen molar-refractivity contribution in [1.82, 2.24) is 20.3 Å². The van der Waals surface area contributed by atoms with Crippen LogP contribution in [0.4, 0.5) is 16.4 Å². The van der Waals surface area contributed by atoms with Crippen molar-refractivity contribution in [1.29, 1.82) is 0 Å². The molecule has 1 saturated carbocycles. The van der Waals surface area contributed by atoms with Gasteiger partial charge in [-0.3, -0.25) is 0 Å². The van der Waals surface area contributed by atoms with Gasteiger partial charge in [0.15, 0.2) is 0 Å². The second-order valence-electron chi connectivity index (χ2n) is 6.21. The molecule has 2 aromatic rings. The molecule has 1 fully saturated rings. The molecule has 0 bridgehead atoms. The molecule has 0 aromatic carbocycles. The molecule has 25 heavy (non-hydrogen) atoms. The van der Waals surface area contributed by atoms with Crippen LogP contribution in [0.3, 0.4) is 0 Å². The number of anilines is 2. The number of ether oxygens (including phenoxy) is 1. The van der Waals surface area contributed by atoms with E-state index in [9.17, 15) is 4.79 Å². The lowest BCUT2D eigenvalue weighted by molar-refractivity contribution is 0.247. The highest BCUT2D eigenvalue weighted by molar-refractivity contribution is 5.89. The molecule has 1 unspecified atom stereocenters. The predicted molar refractivity (Wildman–Crippen MR) is 94.8 cm³/mol. The fourth-order valence-electron chi connectivity index (χ4n) is 2.52. The Labute approximate surface area is 146 Å². The summed E-state index contributed by atoms with van der Waals surface area (Å²) in [7, 11) is 5.30. The van der Waals surface area contributed by atoms with Gasteiger partial charge in [-0.05, 0) is 24.3 Å². The van der Waals surface area contributed by atoms with E-state index in [0.717, 1.165) is 18.4 Å². The third kappa shape index (κ3) is 4.34. The zero-order chi connectivity index (χ0) is 17.8. The molecule has 0 spiro atoms. The second kappa shape index (κ2) is 7.33. The van der Waals surface area contributed by atoms with E-state index < -0.39 is 0 Å². The molecule has 2 N–H and O–H groups in total. The van der Waals surface area contributed by atoms with E-state index >= 15 is 0 Å². The maximum Gasteiger partial charge on any atom is 0.319 e. The number of aromatic nitrogens is 3. The summed E-state index contributed by atoms with van der Waals surface area (Å²) in [5, 5.41) is 5.80. The molecule has 1 aliphatic carbocycles. The van der Waals surface area contributed by atoms with Crippen molar-refractivity contribution < 1.29 is 9.53 Å². The highest BCUT2D eigenvalue weighted by atomic mass is 16.5.